The van der Waals surface area contributed by atoms with Crippen LogP contribution in [0.1, 0.15) is 11.1 Å². The second-order valence-corrected chi connectivity index (χ2v) is 9.13. The molecule has 0 amide bonds. The normalized spacial score (nSPS) is 12.9. The minimum Gasteiger partial charge on any atom is -0.392 e. The zero-order chi connectivity index (χ0) is 16.4. The maximum Gasteiger partial charge on any atom is 0.242 e. The largest absolute Gasteiger partial charge is 0.392 e. The van der Waals surface area contributed by atoms with E-state index >= 15 is 0 Å². The van der Waals surface area contributed by atoms with E-state index in [0.29, 0.717) is 0 Å². The van der Waals surface area contributed by atoms with Gasteiger partial charge in [-0.3, -0.25) is 0 Å². The van der Waals surface area contributed by atoms with Crippen molar-refractivity contribution in [3.63, 3.8) is 0 Å². The van der Waals surface area contributed by atoms with Gasteiger partial charge >= 0.3 is 0 Å². The van der Waals surface area contributed by atoms with Crippen LogP contribution in [0, 0.1) is 12.7 Å². The Morgan fingerprint density at radius 1 is 1.24 bits per heavy atom. The number of benzene rings is 1. The van der Waals surface area contributed by atoms with E-state index in [9.17, 15) is 21.2 Å². The van der Waals surface area contributed by atoms with E-state index in [1.807, 2.05) is 0 Å². The first kappa shape index (κ1) is 18.0. The maximum absolute atomic E-state index is 13.6. The first-order valence-electron chi connectivity index (χ1n) is 6.03. The summed E-state index contributed by atoms with van der Waals surface area (Å²) < 4.78 is 61.3. The molecular formula is C12H18FNO5S2. The zero-order valence-electron chi connectivity index (χ0n) is 12.0. The van der Waals surface area contributed by atoms with E-state index in [1.54, 1.807) is 0 Å². The number of aliphatic hydroxyl groups is 1. The summed E-state index contributed by atoms with van der Waals surface area (Å²) in [6, 6.07) is 2.20. The first-order valence-corrected chi connectivity index (χ1v) is 9.53. The summed E-state index contributed by atoms with van der Waals surface area (Å²) in [6.07, 6.45) is 1.01. The molecule has 0 aliphatic heterocycles. The third-order valence-corrected chi connectivity index (χ3v) is 5.72. The Kier molecular flexibility index (Phi) is 5.48. The number of aliphatic hydroxyl groups excluding tert-OH is 1. The third-order valence-electron chi connectivity index (χ3n) is 2.96. The van der Waals surface area contributed by atoms with Crippen LogP contribution < -0.4 is 0 Å². The van der Waals surface area contributed by atoms with Gasteiger partial charge in [-0.25, -0.2) is 21.2 Å². The van der Waals surface area contributed by atoms with Gasteiger partial charge in [0.2, 0.25) is 10.0 Å². The average Bonchev–Trinajstić information content (AvgIpc) is 2.37. The summed E-state index contributed by atoms with van der Waals surface area (Å²) in [7, 11) is -5.99. The molecule has 0 saturated heterocycles. The summed E-state index contributed by atoms with van der Waals surface area (Å²) in [5, 5.41) is 9.05. The fraction of sp³-hybridized carbons (Fsp3) is 0.500. The van der Waals surface area contributed by atoms with Gasteiger partial charge < -0.3 is 5.11 Å². The molecule has 1 aromatic rings. The molecule has 0 atom stereocenters. The Bertz CT molecular complexity index is 728. The van der Waals surface area contributed by atoms with Gasteiger partial charge in [-0.05, 0) is 24.6 Å². The number of aryl methyl sites for hydroxylation is 1. The quantitative estimate of drug-likeness (QED) is 0.804. The fourth-order valence-corrected chi connectivity index (χ4v) is 3.69. The van der Waals surface area contributed by atoms with Gasteiger partial charge in [-0.15, -0.1) is 0 Å². The van der Waals surface area contributed by atoms with Gasteiger partial charge in [0.15, 0.2) is 0 Å². The van der Waals surface area contributed by atoms with Crippen LogP contribution in [0.5, 0.6) is 0 Å². The lowest BCUT2D eigenvalue weighted by atomic mass is 10.1. The van der Waals surface area contributed by atoms with Crippen LogP contribution in [0.15, 0.2) is 17.0 Å². The van der Waals surface area contributed by atoms with E-state index in [4.69, 9.17) is 5.11 Å². The molecule has 0 aromatic heterocycles. The van der Waals surface area contributed by atoms with Gasteiger partial charge in [0.25, 0.3) is 0 Å². The van der Waals surface area contributed by atoms with Gasteiger partial charge in [0.1, 0.15) is 15.7 Å². The van der Waals surface area contributed by atoms with Gasteiger partial charge in [0, 0.05) is 25.4 Å². The van der Waals surface area contributed by atoms with Crippen molar-refractivity contribution in [1.82, 2.24) is 4.31 Å². The molecule has 0 saturated carbocycles. The predicted molar refractivity (Wildman–Crippen MR) is 76.6 cm³/mol. The number of halogens is 1. The highest BCUT2D eigenvalue weighted by Crippen LogP contribution is 2.21. The Morgan fingerprint density at radius 3 is 2.29 bits per heavy atom. The predicted octanol–water partition coefficient (Wildman–Crippen LogP) is 0.292. The van der Waals surface area contributed by atoms with Crippen LogP contribution in [0.3, 0.4) is 0 Å². The van der Waals surface area contributed by atoms with Crippen LogP contribution in [0.2, 0.25) is 0 Å². The van der Waals surface area contributed by atoms with Gasteiger partial charge in [0.05, 0.1) is 17.3 Å². The van der Waals surface area contributed by atoms with Crippen LogP contribution in [-0.4, -0.2) is 51.8 Å². The lowest BCUT2D eigenvalue weighted by Gasteiger charge is -2.18. The average molecular weight is 339 g/mol. The second kappa shape index (κ2) is 6.39. The van der Waals surface area contributed by atoms with Crippen molar-refractivity contribution in [2.24, 2.45) is 0 Å². The molecule has 120 valence electrons. The smallest absolute Gasteiger partial charge is 0.242 e. The Hall–Kier alpha value is -1.03. The minimum absolute atomic E-state index is 0.0941. The zero-order valence-corrected chi connectivity index (χ0v) is 13.6. The van der Waals surface area contributed by atoms with Gasteiger partial charge in [-0.2, -0.15) is 4.31 Å². The second-order valence-electron chi connectivity index (χ2n) is 4.83. The van der Waals surface area contributed by atoms with Crippen molar-refractivity contribution in [2.45, 2.75) is 18.4 Å². The molecule has 0 radical (unpaired) electrons. The van der Waals surface area contributed by atoms with Crippen LogP contribution >= 0.6 is 0 Å². The van der Waals surface area contributed by atoms with Crippen LogP contribution in [0.25, 0.3) is 0 Å². The van der Waals surface area contributed by atoms with Crippen molar-refractivity contribution in [2.75, 3.05) is 25.6 Å². The topological polar surface area (TPSA) is 91.8 Å². The molecule has 21 heavy (non-hydrogen) atoms. The molecule has 6 nitrogen and oxygen atoms in total. The maximum atomic E-state index is 13.6. The van der Waals surface area contributed by atoms with Crippen molar-refractivity contribution in [3.05, 3.63) is 29.1 Å². The number of nitrogens with zero attached hydrogens (tertiary/aromatic N) is 1. The molecule has 1 aromatic carbocycles. The van der Waals surface area contributed by atoms with Crippen molar-refractivity contribution >= 4 is 19.9 Å². The van der Waals surface area contributed by atoms with E-state index in [-0.39, 0.29) is 28.3 Å². The number of hydrogen-bond donors (Lipinski definition) is 1. The molecule has 0 fully saturated rings. The van der Waals surface area contributed by atoms with Crippen LogP contribution in [0.4, 0.5) is 4.39 Å². The SMILES string of the molecule is Cc1cc(S(=O)(=O)N(C)CCS(C)(=O)=O)cc(CO)c1F. The van der Waals surface area contributed by atoms with E-state index < -0.39 is 32.3 Å². The summed E-state index contributed by atoms with van der Waals surface area (Å²) in [5.41, 5.74) is -0.0262. The van der Waals surface area contributed by atoms with Crippen molar-refractivity contribution in [1.29, 1.82) is 0 Å². The van der Waals surface area contributed by atoms with E-state index in [2.05, 4.69) is 0 Å². The number of rotatable bonds is 6. The summed E-state index contributed by atoms with van der Waals surface area (Å²) in [6.45, 7) is 0.569. The molecule has 0 spiro atoms. The molecule has 0 unspecified atom stereocenters. The molecule has 0 aliphatic rings. The lowest BCUT2D eigenvalue weighted by Crippen LogP contribution is -2.31. The number of sulfonamides is 1. The lowest BCUT2D eigenvalue weighted by molar-refractivity contribution is 0.275. The van der Waals surface area contributed by atoms with Crippen LogP contribution in [-0.2, 0) is 26.5 Å². The fourth-order valence-electron chi connectivity index (χ4n) is 1.67. The van der Waals surface area contributed by atoms with Crippen molar-refractivity contribution in [3.8, 4) is 0 Å². The number of hydrogen-bond acceptors (Lipinski definition) is 5. The summed E-state index contributed by atoms with van der Waals surface area (Å²) in [4.78, 5) is -0.179. The van der Waals surface area contributed by atoms with Crippen molar-refractivity contribution < 1.29 is 26.3 Å². The molecule has 0 bridgehead atoms. The molecule has 1 N–H and O–H groups in total. The highest BCUT2D eigenvalue weighted by atomic mass is 32.2. The molecule has 0 heterocycles. The van der Waals surface area contributed by atoms with E-state index in [0.717, 1.165) is 22.7 Å². The minimum atomic E-state index is -3.94. The monoisotopic (exact) mass is 339 g/mol. The van der Waals surface area contributed by atoms with Gasteiger partial charge in [-0.1, -0.05) is 0 Å². The number of sulfone groups is 1. The molecule has 9 heteroatoms. The highest BCUT2D eigenvalue weighted by molar-refractivity contribution is 7.91. The standard InChI is InChI=1S/C12H18FNO5S2/c1-9-6-11(7-10(8-15)12(9)13)21(18,19)14(2)4-5-20(3,16)17/h6-7,15H,4-5,8H2,1-3H3. The summed E-state index contributed by atoms with van der Waals surface area (Å²) >= 11 is 0. The van der Waals surface area contributed by atoms with E-state index in [1.165, 1.54) is 14.0 Å². The Balaban J connectivity index is 3.16. The molecular weight excluding hydrogens is 321 g/mol. The third kappa shape index (κ3) is 4.47. The Labute approximate surface area is 124 Å². The molecule has 0 aliphatic carbocycles. The summed E-state index contributed by atoms with van der Waals surface area (Å²) in [5.74, 6) is -0.967. The highest BCUT2D eigenvalue weighted by Gasteiger charge is 2.23. The molecule has 1 rings (SSSR count). The first-order chi connectivity index (χ1) is 9.49. The Morgan fingerprint density at radius 2 is 1.81 bits per heavy atom.